The highest BCUT2D eigenvalue weighted by Gasteiger charge is 2.52. The Hall–Kier alpha value is -2.12. The largest absolute Gasteiger partial charge is 0.492 e. The summed E-state index contributed by atoms with van der Waals surface area (Å²) < 4.78 is 12.2. The van der Waals surface area contributed by atoms with Gasteiger partial charge in [-0.25, -0.2) is 4.79 Å². The number of carboxylic acids is 1. The van der Waals surface area contributed by atoms with E-state index in [0.29, 0.717) is 0 Å². The third-order valence-electron chi connectivity index (χ3n) is 4.96. The van der Waals surface area contributed by atoms with Gasteiger partial charge in [-0.2, -0.15) is 0 Å². The maximum atomic E-state index is 11.4. The van der Waals surface area contributed by atoms with Gasteiger partial charge in [0.05, 0.1) is 16.8 Å². The Morgan fingerprint density at radius 2 is 1.77 bits per heavy atom. The third-order valence-corrected chi connectivity index (χ3v) is 4.96. The Morgan fingerprint density at radius 3 is 2.27 bits per heavy atom. The van der Waals surface area contributed by atoms with Gasteiger partial charge in [-0.05, 0) is 63.4 Å². The molecule has 0 aromatic heterocycles. The second kappa shape index (κ2) is 7.25. The number of aromatic carboxylic acids is 1. The average molecular weight is 359 g/mol. The van der Waals surface area contributed by atoms with Crippen LogP contribution in [-0.2, 0) is 14.1 Å². The lowest BCUT2D eigenvalue weighted by atomic mass is 9.76. The van der Waals surface area contributed by atoms with E-state index >= 15 is 0 Å². The molecule has 0 spiro atoms. The SMILES string of the molecule is CC(=O)NCC(=Cc1cc(C(=O)O)ccc1C)B1OC(C)(C)C(C)(C)O1. The van der Waals surface area contributed by atoms with Crippen molar-refractivity contribution in [2.45, 2.75) is 52.7 Å². The molecular weight excluding hydrogens is 333 g/mol. The summed E-state index contributed by atoms with van der Waals surface area (Å²) in [5.74, 6) is -1.15. The van der Waals surface area contributed by atoms with Crippen LogP contribution in [0.5, 0.6) is 0 Å². The molecule has 1 fully saturated rings. The zero-order chi connectivity index (χ0) is 19.7. The van der Waals surface area contributed by atoms with E-state index < -0.39 is 24.3 Å². The smallest absolute Gasteiger partial charge is 0.478 e. The lowest BCUT2D eigenvalue weighted by Gasteiger charge is -2.32. The highest BCUT2D eigenvalue weighted by Crippen LogP contribution is 2.38. The molecule has 0 atom stereocenters. The minimum atomic E-state index is -0.987. The lowest BCUT2D eigenvalue weighted by Crippen LogP contribution is -2.41. The van der Waals surface area contributed by atoms with Crippen molar-refractivity contribution in [2.75, 3.05) is 6.54 Å². The van der Waals surface area contributed by atoms with Gasteiger partial charge in [0, 0.05) is 13.5 Å². The Bertz CT molecular complexity index is 738. The maximum Gasteiger partial charge on any atom is 0.492 e. The lowest BCUT2D eigenvalue weighted by molar-refractivity contribution is -0.118. The van der Waals surface area contributed by atoms with Crippen LogP contribution in [0.15, 0.2) is 23.7 Å². The van der Waals surface area contributed by atoms with E-state index in [1.165, 1.54) is 6.92 Å². The normalized spacial score (nSPS) is 18.7. The van der Waals surface area contributed by atoms with E-state index in [1.807, 2.05) is 40.7 Å². The van der Waals surface area contributed by atoms with Gasteiger partial charge in [-0.1, -0.05) is 12.1 Å². The molecule has 1 amide bonds. The fourth-order valence-electron chi connectivity index (χ4n) is 2.55. The minimum absolute atomic E-state index is 0.163. The first-order valence-electron chi connectivity index (χ1n) is 8.57. The van der Waals surface area contributed by atoms with Crippen LogP contribution in [0.2, 0.25) is 0 Å². The molecule has 6 nitrogen and oxygen atoms in total. The zero-order valence-corrected chi connectivity index (χ0v) is 16.2. The first kappa shape index (κ1) is 20.2. The van der Waals surface area contributed by atoms with Crippen LogP contribution in [0.4, 0.5) is 0 Å². The molecule has 140 valence electrons. The number of rotatable bonds is 5. The van der Waals surface area contributed by atoms with Crippen molar-refractivity contribution in [2.24, 2.45) is 0 Å². The van der Waals surface area contributed by atoms with Gasteiger partial charge in [0.1, 0.15) is 0 Å². The Balaban J connectivity index is 2.42. The van der Waals surface area contributed by atoms with Crippen LogP contribution in [0, 0.1) is 6.92 Å². The van der Waals surface area contributed by atoms with E-state index in [4.69, 9.17) is 9.31 Å². The number of hydrogen-bond donors (Lipinski definition) is 2. The number of amides is 1. The first-order valence-corrected chi connectivity index (χ1v) is 8.57. The molecular formula is C19H26BNO5. The van der Waals surface area contributed by atoms with Crippen LogP contribution >= 0.6 is 0 Å². The molecule has 1 aliphatic rings. The van der Waals surface area contributed by atoms with Gasteiger partial charge in [0.15, 0.2) is 0 Å². The van der Waals surface area contributed by atoms with Gasteiger partial charge in [0.25, 0.3) is 0 Å². The van der Waals surface area contributed by atoms with Gasteiger partial charge in [-0.3, -0.25) is 4.79 Å². The van der Waals surface area contributed by atoms with Crippen molar-refractivity contribution in [3.05, 3.63) is 40.4 Å². The number of benzene rings is 1. The van der Waals surface area contributed by atoms with Crippen molar-refractivity contribution < 1.29 is 24.0 Å². The quantitative estimate of drug-likeness (QED) is 0.790. The number of carboxylic acid groups (broad SMARTS) is 1. The second-order valence-electron chi connectivity index (χ2n) is 7.59. The summed E-state index contributed by atoms with van der Waals surface area (Å²) >= 11 is 0. The number of nitrogens with one attached hydrogen (secondary N) is 1. The van der Waals surface area contributed by atoms with E-state index in [0.717, 1.165) is 16.6 Å². The molecule has 1 heterocycles. The molecule has 1 saturated heterocycles. The molecule has 1 aliphatic heterocycles. The van der Waals surface area contributed by atoms with Gasteiger partial charge < -0.3 is 19.7 Å². The minimum Gasteiger partial charge on any atom is -0.478 e. The predicted molar refractivity (Wildman–Crippen MR) is 101 cm³/mol. The van der Waals surface area contributed by atoms with Gasteiger partial charge in [-0.15, -0.1) is 0 Å². The van der Waals surface area contributed by atoms with E-state index in [1.54, 1.807) is 18.2 Å². The third kappa shape index (κ3) is 4.34. The molecule has 2 N–H and O–H groups in total. The monoisotopic (exact) mass is 359 g/mol. The van der Waals surface area contributed by atoms with Crippen LogP contribution in [0.3, 0.4) is 0 Å². The summed E-state index contributed by atoms with van der Waals surface area (Å²) in [5.41, 5.74) is 1.58. The van der Waals surface area contributed by atoms with Crippen LogP contribution in [0.25, 0.3) is 6.08 Å². The van der Waals surface area contributed by atoms with Crippen molar-refractivity contribution in [1.82, 2.24) is 5.32 Å². The highest BCUT2D eigenvalue weighted by atomic mass is 16.7. The topological polar surface area (TPSA) is 84.9 Å². The summed E-state index contributed by atoms with van der Waals surface area (Å²) in [6.45, 7) is 11.4. The van der Waals surface area contributed by atoms with Crippen molar-refractivity contribution in [3.8, 4) is 0 Å². The number of aryl methyl sites for hydroxylation is 1. The Kier molecular flexibility index (Phi) is 5.63. The molecule has 0 aliphatic carbocycles. The molecule has 7 heteroatoms. The average Bonchev–Trinajstić information content (AvgIpc) is 2.72. The van der Waals surface area contributed by atoms with Crippen molar-refractivity contribution in [3.63, 3.8) is 0 Å². The second-order valence-corrected chi connectivity index (χ2v) is 7.59. The first-order chi connectivity index (χ1) is 11.9. The predicted octanol–water partition coefficient (Wildman–Crippen LogP) is 2.84. The molecule has 2 rings (SSSR count). The summed E-state index contributed by atoms with van der Waals surface area (Å²) in [7, 11) is -0.625. The summed E-state index contributed by atoms with van der Waals surface area (Å²) in [4.78, 5) is 22.6. The molecule has 0 radical (unpaired) electrons. The van der Waals surface area contributed by atoms with Crippen LogP contribution in [0.1, 0.15) is 56.1 Å². The molecule has 0 bridgehead atoms. The summed E-state index contributed by atoms with van der Waals surface area (Å²) in [6, 6.07) is 4.93. The summed E-state index contributed by atoms with van der Waals surface area (Å²) in [5, 5.41) is 12.0. The molecule has 26 heavy (non-hydrogen) atoms. The van der Waals surface area contributed by atoms with E-state index in [-0.39, 0.29) is 18.0 Å². The fraction of sp³-hybridized carbons (Fsp3) is 0.474. The van der Waals surface area contributed by atoms with E-state index in [9.17, 15) is 14.7 Å². The molecule has 0 unspecified atom stereocenters. The van der Waals surface area contributed by atoms with Gasteiger partial charge >= 0.3 is 13.1 Å². The standard InChI is InChI=1S/C19H26BNO5/c1-12-7-8-14(17(23)24)9-15(12)10-16(11-21-13(2)22)20-25-18(3,4)19(5,6)26-20/h7-10H,11H2,1-6H3,(H,21,22)(H,23,24). The van der Waals surface area contributed by atoms with E-state index in [2.05, 4.69) is 5.32 Å². The summed E-state index contributed by atoms with van der Waals surface area (Å²) in [6.07, 6.45) is 1.83. The fourth-order valence-corrected chi connectivity index (χ4v) is 2.55. The zero-order valence-electron chi connectivity index (χ0n) is 16.2. The van der Waals surface area contributed by atoms with Gasteiger partial charge in [0.2, 0.25) is 5.91 Å². The molecule has 1 aromatic carbocycles. The number of hydrogen-bond acceptors (Lipinski definition) is 4. The molecule has 0 saturated carbocycles. The highest BCUT2D eigenvalue weighted by molar-refractivity contribution is 6.56. The number of carbonyl (C=O) groups excluding carboxylic acids is 1. The Morgan fingerprint density at radius 1 is 1.19 bits per heavy atom. The number of carbonyl (C=O) groups is 2. The van der Waals surface area contributed by atoms with Crippen molar-refractivity contribution >= 4 is 25.1 Å². The molecule has 1 aromatic rings. The van der Waals surface area contributed by atoms with Crippen LogP contribution < -0.4 is 5.32 Å². The Labute approximate surface area is 154 Å². The van der Waals surface area contributed by atoms with Crippen LogP contribution in [-0.4, -0.2) is 41.8 Å². The van der Waals surface area contributed by atoms with Crippen molar-refractivity contribution in [1.29, 1.82) is 0 Å². The maximum absolute atomic E-state index is 11.4.